The number of nitrogen functional groups attached to an aromatic ring is 1. The molecule has 0 saturated carbocycles. The third-order valence-electron chi connectivity index (χ3n) is 1.82. The molecule has 12 heavy (non-hydrogen) atoms. The van der Waals surface area contributed by atoms with Crippen molar-refractivity contribution in [3.63, 3.8) is 0 Å². The quantitative estimate of drug-likeness (QED) is 0.719. The van der Waals surface area contributed by atoms with Crippen molar-refractivity contribution in [2.75, 3.05) is 17.7 Å². The van der Waals surface area contributed by atoms with Crippen molar-refractivity contribution in [3.05, 3.63) is 30.7 Å². The molecule has 64 valence electrons. The summed E-state index contributed by atoms with van der Waals surface area (Å²) in [5.74, 6) is 0. The van der Waals surface area contributed by atoms with Crippen LogP contribution in [-0.2, 0) is 0 Å². The van der Waals surface area contributed by atoms with Crippen LogP contribution in [0.15, 0.2) is 25.0 Å². The Morgan fingerprint density at radius 2 is 2.33 bits per heavy atom. The smallest absolute Gasteiger partial charge is 0.0771 e. The van der Waals surface area contributed by atoms with E-state index in [0.29, 0.717) is 5.69 Å². The topological polar surface area (TPSA) is 42.2 Å². The lowest BCUT2D eigenvalue weighted by Gasteiger charge is -2.16. The molecule has 1 rings (SSSR count). The van der Waals surface area contributed by atoms with Crippen LogP contribution in [0.1, 0.15) is 5.69 Å². The molecule has 0 saturated heterocycles. The summed E-state index contributed by atoms with van der Waals surface area (Å²) < 4.78 is 0. The van der Waals surface area contributed by atoms with Gasteiger partial charge in [-0.25, -0.2) is 0 Å². The third-order valence-corrected chi connectivity index (χ3v) is 1.82. The van der Waals surface area contributed by atoms with Crippen LogP contribution in [0.2, 0.25) is 0 Å². The molecule has 3 heteroatoms. The Kier molecular flexibility index (Phi) is 2.33. The zero-order valence-electron chi connectivity index (χ0n) is 7.41. The van der Waals surface area contributed by atoms with E-state index in [1.165, 1.54) is 0 Å². The fourth-order valence-electron chi connectivity index (χ4n) is 0.970. The van der Waals surface area contributed by atoms with Crippen LogP contribution in [0.5, 0.6) is 0 Å². The van der Waals surface area contributed by atoms with Crippen LogP contribution in [-0.4, -0.2) is 12.0 Å². The standard InChI is InChI=1S/C9H13N3/c1-4-12(3)8-5-6-11-7(2)9(8)10/h4-6H,1,10H2,2-3H3. The summed E-state index contributed by atoms with van der Waals surface area (Å²) in [6.45, 7) is 5.54. The molecule has 0 aromatic carbocycles. The lowest BCUT2D eigenvalue weighted by Crippen LogP contribution is -2.10. The largest absolute Gasteiger partial charge is 0.396 e. The average Bonchev–Trinajstić information content (AvgIpc) is 2.08. The van der Waals surface area contributed by atoms with Crippen molar-refractivity contribution >= 4 is 11.4 Å². The number of hydrogen-bond donors (Lipinski definition) is 1. The molecule has 0 fully saturated rings. The van der Waals surface area contributed by atoms with Crippen LogP contribution in [0.4, 0.5) is 11.4 Å². The number of pyridine rings is 1. The Morgan fingerprint density at radius 1 is 1.67 bits per heavy atom. The van der Waals surface area contributed by atoms with Crippen LogP contribution < -0.4 is 10.6 Å². The molecule has 0 unspecified atom stereocenters. The van der Waals surface area contributed by atoms with Gasteiger partial charge in [-0.2, -0.15) is 0 Å². The van der Waals surface area contributed by atoms with Gasteiger partial charge < -0.3 is 10.6 Å². The predicted octanol–water partition coefficient (Wildman–Crippen LogP) is 1.55. The van der Waals surface area contributed by atoms with Gasteiger partial charge in [0, 0.05) is 13.2 Å². The molecule has 1 aromatic heterocycles. The van der Waals surface area contributed by atoms with Crippen molar-refractivity contribution in [2.24, 2.45) is 0 Å². The van der Waals surface area contributed by atoms with Gasteiger partial charge in [-0.15, -0.1) is 0 Å². The molecule has 1 aromatic rings. The molecular formula is C9H13N3. The van der Waals surface area contributed by atoms with Crippen LogP contribution >= 0.6 is 0 Å². The lowest BCUT2D eigenvalue weighted by molar-refractivity contribution is 1.15. The Labute approximate surface area is 72.5 Å². The van der Waals surface area contributed by atoms with Crippen molar-refractivity contribution in [2.45, 2.75) is 6.92 Å². The molecule has 0 aliphatic rings. The fraction of sp³-hybridized carbons (Fsp3) is 0.222. The fourth-order valence-corrected chi connectivity index (χ4v) is 0.970. The highest BCUT2D eigenvalue weighted by Gasteiger charge is 2.03. The van der Waals surface area contributed by atoms with E-state index in [1.807, 2.05) is 24.9 Å². The maximum absolute atomic E-state index is 5.81. The van der Waals surface area contributed by atoms with Crippen LogP contribution in [0.25, 0.3) is 0 Å². The third kappa shape index (κ3) is 1.39. The van der Waals surface area contributed by atoms with Crippen molar-refractivity contribution in [1.82, 2.24) is 4.98 Å². The minimum atomic E-state index is 0.708. The molecule has 0 spiro atoms. The van der Waals surface area contributed by atoms with E-state index in [0.717, 1.165) is 11.4 Å². The van der Waals surface area contributed by atoms with E-state index >= 15 is 0 Å². The van der Waals surface area contributed by atoms with E-state index in [2.05, 4.69) is 11.6 Å². The Morgan fingerprint density at radius 3 is 2.92 bits per heavy atom. The van der Waals surface area contributed by atoms with E-state index in [4.69, 9.17) is 5.73 Å². The number of aromatic nitrogens is 1. The normalized spacial score (nSPS) is 9.50. The van der Waals surface area contributed by atoms with Crippen molar-refractivity contribution in [1.29, 1.82) is 0 Å². The molecule has 3 nitrogen and oxygen atoms in total. The number of aryl methyl sites for hydroxylation is 1. The van der Waals surface area contributed by atoms with E-state index in [9.17, 15) is 0 Å². The first-order valence-electron chi connectivity index (χ1n) is 3.73. The molecule has 0 atom stereocenters. The van der Waals surface area contributed by atoms with Crippen LogP contribution in [0.3, 0.4) is 0 Å². The number of anilines is 2. The molecule has 0 radical (unpaired) electrons. The minimum Gasteiger partial charge on any atom is -0.396 e. The van der Waals surface area contributed by atoms with Gasteiger partial charge in [-0.05, 0) is 19.2 Å². The van der Waals surface area contributed by atoms with Gasteiger partial charge in [0.2, 0.25) is 0 Å². The highest BCUT2D eigenvalue weighted by Crippen LogP contribution is 2.23. The minimum absolute atomic E-state index is 0.708. The van der Waals surface area contributed by atoms with Gasteiger partial charge in [0.1, 0.15) is 0 Å². The van der Waals surface area contributed by atoms with E-state index in [1.54, 1.807) is 12.4 Å². The van der Waals surface area contributed by atoms with E-state index < -0.39 is 0 Å². The van der Waals surface area contributed by atoms with Gasteiger partial charge in [0.25, 0.3) is 0 Å². The van der Waals surface area contributed by atoms with Gasteiger partial charge in [-0.1, -0.05) is 6.58 Å². The molecule has 0 aliphatic heterocycles. The predicted molar refractivity (Wildman–Crippen MR) is 52.0 cm³/mol. The molecule has 0 bridgehead atoms. The second kappa shape index (κ2) is 3.26. The van der Waals surface area contributed by atoms with Crippen molar-refractivity contribution < 1.29 is 0 Å². The summed E-state index contributed by atoms with van der Waals surface area (Å²) in [7, 11) is 1.90. The Bertz CT molecular complexity index is 294. The molecule has 0 aliphatic carbocycles. The van der Waals surface area contributed by atoms with Gasteiger partial charge >= 0.3 is 0 Å². The number of nitrogens with two attached hydrogens (primary N) is 1. The van der Waals surface area contributed by atoms with Gasteiger partial charge in [0.05, 0.1) is 17.1 Å². The molecule has 1 heterocycles. The molecular weight excluding hydrogens is 150 g/mol. The first-order chi connectivity index (χ1) is 5.66. The summed E-state index contributed by atoms with van der Waals surface area (Å²) in [5, 5.41) is 0. The highest BCUT2D eigenvalue weighted by atomic mass is 15.1. The summed E-state index contributed by atoms with van der Waals surface area (Å²) in [4.78, 5) is 5.94. The summed E-state index contributed by atoms with van der Waals surface area (Å²) in [5.41, 5.74) is 8.31. The maximum atomic E-state index is 5.81. The highest BCUT2D eigenvalue weighted by molar-refractivity contribution is 5.69. The maximum Gasteiger partial charge on any atom is 0.0771 e. The number of hydrogen-bond acceptors (Lipinski definition) is 3. The van der Waals surface area contributed by atoms with Gasteiger partial charge in [0.15, 0.2) is 0 Å². The Balaban J connectivity index is 3.15. The monoisotopic (exact) mass is 163 g/mol. The second-order valence-electron chi connectivity index (χ2n) is 2.62. The summed E-state index contributed by atoms with van der Waals surface area (Å²) in [6, 6.07) is 1.87. The summed E-state index contributed by atoms with van der Waals surface area (Å²) >= 11 is 0. The van der Waals surface area contributed by atoms with Gasteiger partial charge in [-0.3, -0.25) is 4.98 Å². The molecule has 2 N–H and O–H groups in total. The van der Waals surface area contributed by atoms with Crippen LogP contribution in [0, 0.1) is 6.92 Å². The zero-order chi connectivity index (χ0) is 9.14. The van der Waals surface area contributed by atoms with Crippen molar-refractivity contribution in [3.8, 4) is 0 Å². The number of rotatable bonds is 2. The number of nitrogens with zero attached hydrogens (tertiary/aromatic N) is 2. The lowest BCUT2D eigenvalue weighted by atomic mass is 10.2. The first kappa shape index (κ1) is 8.59. The zero-order valence-corrected chi connectivity index (χ0v) is 7.41. The first-order valence-corrected chi connectivity index (χ1v) is 3.73. The summed E-state index contributed by atoms with van der Waals surface area (Å²) in [6.07, 6.45) is 3.45. The second-order valence-corrected chi connectivity index (χ2v) is 2.62. The average molecular weight is 163 g/mol. The SMILES string of the molecule is C=CN(C)c1ccnc(C)c1N. The van der Waals surface area contributed by atoms with E-state index in [-0.39, 0.29) is 0 Å². The Hall–Kier alpha value is -1.51. The molecule has 0 amide bonds.